The number of nitrogens with zero attached hydrogens (tertiary/aromatic N) is 1. The fourth-order valence-corrected chi connectivity index (χ4v) is 3.52. The van der Waals surface area contributed by atoms with Crippen molar-refractivity contribution < 1.29 is 14.0 Å². The number of imidazole rings is 1. The molecule has 0 saturated carbocycles. The van der Waals surface area contributed by atoms with E-state index in [-0.39, 0.29) is 17.6 Å². The number of amides is 2. The molecule has 4 aromatic carbocycles. The summed E-state index contributed by atoms with van der Waals surface area (Å²) in [5, 5.41) is 5.60. The molecule has 0 bridgehead atoms. The Balaban J connectivity index is 1.32. The van der Waals surface area contributed by atoms with Gasteiger partial charge in [-0.1, -0.05) is 30.3 Å². The van der Waals surface area contributed by atoms with Crippen LogP contribution in [-0.4, -0.2) is 21.8 Å². The molecule has 0 saturated heterocycles. The summed E-state index contributed by atoms with van der Waals surface area (Å²) in [7, 11) is 0. The number of H-pyrrole nitrogens is 1. The van der Waals surface area contributed by atoms with Crippen molar-refractivity contribution in [2.24, 2.45) is 0 Å². The highest BCUT2D eigenvalue weighted by Gasteiger charge is 2.12. The molecule has 0 spiro atoms. The molecule has 1 heterocycles. The summed E-state index contributed by atoms with van der Waals surface area (Å²) < 4.78 is 13.1. The van der Waals surface area contributed by atoms with Gasteiger partial charge in [-0.3, -0.25) is 9.59 Å². The second kappa shape index (κ2) is 8.99. The summed E-state index contributed by atoms with van der Waals surface area (Å²) in [6.45, 7) is 0. The summed E-state index contributed by atoms with van der Waals surface area (Å²) in [4.78, 5) is 32.9. The molecule has 0 aliphatic heterocycles. The molecule has 0 aliphatic rings. The number of carbonyl (C=O) groups is 2. The minimum absolute atomic E-state index is 0.195. The number of nitrogens with one attached hydrogen (secondary N) is 3. The zero-order chi connectivity index (χ0) is 23.5. The zero-order valence-corrected chi connectivity index (χ0v) is 17.9. The van der Waals surface area contributed by atoms with Gasteiger partial charge in [0, 0.05) is 28.1 Å². The lowest BCUT2D eigenvalue weighted by Crippen LogP contribution is -2.11. The maximum atomic E-state index is 13.1. The van der Waals surface area contributed by atoms with Gasteiger partial charge < -0.3 is 15.6 Å². The number of fused-ring (bicyclic) bond motifs is 1. The Hall–Kier alpha value is -4.78. The Labute approximate surface area is 194 Å². The molecule has 2 amide bonds. The van der Waals surface area contributed by atoms with E-state index in [0.717, 1.165) is 16.8 Å². The first kappa shape index (κ1) is 21.1. The van der Waals surface area contributed by atoms with Crippen LogP contribution in [0.1, 0.15) is 20.7 Å². The Morgan fingerprint density at radius 2 is 1.32 bits per heavy atom. The van der Waals surface area contributed by atoms with E-state index in [2.05, 4.69) is 20.6 Å². The lowest BCUT2D eigenvalue weighted by Gasteiger charge is -2.05. The molecule has 0 atom stereocenters. The Morgan fingerprint density at radius 3 is 2.03 bits per heavy atom. The minimum Gasteiger partial charge on any atom is -0.338 e. The first-order valence-corrected chi connectivity index (χ1v) is 10.6. The summed E-state index contributed by atoms with van der Waals surface area (Å²) in [5.41, 5.74) is 4.42. The first-order chi connectivity index (χ1) is 16.5. The van der Waals surface area contributed by atoms with Crippen LogP contribution >= 0.6 is 0 Å². The van der Waals surface area contributed by atoms with E-state index in [1.165, 1.54) is 24.3 Å². The number of carbonyl (C=O) groups excluding carboxylic acids is 2. The second-order valence-electron chi connectivity index (χ2n) is 7.68. The van der Waals surface area contributed by atoms with Gasteiger partial charge in [-0.25, -0.2) is 9.37 Å². The van der Waals surface area contributed by atoms with Crippen LogP contribution < -0.4 is 10.6 Å². The number of hydrogen-bond acceptors (Lipinski definition) is 3. The zero-order valence-electron chi connectivity index (χ0n) is 17.9. The van der Waals surface area contributed by atoms with Crippen molar-refractivity contribution in [1.29, 1.82) is 0 Å². The smallest absolute Gasteiger partial charge is 0.255 e. The maximum Gasteiger partial charge on any atom is 0.255 e. The van der Waals surface area contributed by atoms with E-state index in [1.54, 1.807) is 30.3 Å². The van der Waals surface area contributed by atoms with Crippen molar-refractivity contribution in [2.75, 3.05) is 10.6 Å². The van der Waals surface area contributed by atoms with E-state index in [0.29, 0.717) is 28.2 Å². The number of rotatable bonds is 5. The molecule has 5 rings (SSSR count). The second-order valence-corrected chi connectivity index (χ2v) is 7.68. The average Bonchev–Trinajstić information content (AvgIpc) is 3.30. The molecule has 34 heavy (non-hydrogen) atoms. The first-order valence-electron chi connectivity index (χ1n) is 10.6. The summed E-state index contributed by atoms with van der Waals surface area (Å²) in [5.74, 6) is -0.250. The summed E-state index contributed by atoms with van der Waals surface area (Å²) >= 11 is 0. The molecular formula is C27H19FN4O2. The largest absolute Gasteiger partial charge is 0.338 e. The molecule has 7 heteroatoms. The molecule has 1 aromatic heterocycles. The van der Waals surface area contributed by atoms with E-state index in [9.17, 15) is 14.0 Å². The third-order valence-corrected chi connectivity index (χ3v) is 5.30. The molecule has 3 N–H and O–H groups in total. The number of benzene rings is 4. The highest BCUT2D eigenvalue weighted by Crippen LogP contribution is 2.23. The van der Waals surface area contributed by atoms with Crippen LogP contribution in [0.3, 0.4) is 0 Å². The summed E-state index contributed by atoms with van der Waals surface area (Å²) in [6.07, 6.45) is 0. The highest BCUT2D eigenvalue weighted by molar-refractivity contribution is 6.06. The molecule has 0 unspecified atom stereocenters. The van der Waals surface area contributed by atoms with Gasteiger partial charge in [0.05, 0.1) is 11.0 Å². The quantitative estimate of drug-likeness (QED) is 0.313. The maximum absolute atomic E-state index is 13.1. The van der Waals surface area contributed by atoms with E-state index >= 15 is 0 Å². The number of aromatic amines is 1. The van der Waals surface area contributed by atoms with Crippen LogP contribution in [0, 0.1) is 5.82 Å². The van der Waals surface area contributed by atoms with Gasteiger partial charge >= 0.3 is 0 Å². The molecule has 5 aromatic rings. The molecule has 0 radical (unpaired) electrons. The number of aromatic nitrogens is 2. The highest BCUT2D eigenvalue weighted by atomic mass is 19.1. The number of para-hydroxylation sites is 1. The minimum atomic E-state index is -0.367. The van der Waals surface area contributed by atoms with Crippen molar-refractivity contribution in [3.63, 3.8) is 0 Å². The van der Waals surface area contributed by atoms with Gasteiger partial charge in [0.25, 0.3) is 11.8 Å². The van der Waals surface area contributed by atoms with E-state index in [4.69, 9.17) is 0 Å². The van der Waals surface area contributed by atoms with Gasteiger partial charge in [-0.2, -0.15) is 0 Å². The van der Waals surface area contributed by atoms with Crippen LogP contribution in [-0.2, 0) is 0 Å². The average molecular weight is 450 g/mol. The van der Waals surface area contributed by atoms with Gasteiger partial charge in [-0.15, -0.1) is 0 Å². The fraction of sp³-hybridized carbons (Fsp3) is 0. The topological polar surface area (TPSA) is 86.9 Å². The van der Waals surface area contributed by atoms with Gasteiger partial charge in [-0.05, 0) is 66.7 Å². The van der Waals surface area contributed by atoms with Crippen LogP contribution in [0.25, 0.3) is 22.4 Å². The van der Waals surface area contributed by atoms with Crippen LogP contribution in [0.5, 0.6) is 0 Å². The van der Waals surface area contributed by atoms with Gasteiger partial charge in [0.15, 0.2) is 0 Å². The van der Waals surface area contributed by atoms with Gasteiger partial charge in [0.1, 0.15) is 11.6 Å². The Morgan fingerprint density at radius 1 is 0.706 bits per heavy atom. The third-order valence-electron chi connectivity index (χ3n) is 5.30. The van der Waals surface area contributed by atoms with Crippen molar-refractivity contribution in [3.05, 3.63) is 114 Å². The van der Waals surface area contributed by atoms with Crippen LogP contribution in [0.4, 0.5) is 15.8 Å². The lowest BCUT2D eigenvalue weighted by molar-refractivity contribution is 0.101. The van der Waals surface area contributed by atoms with Crippen molar-refractivity contribution in [2.45, 2.75) is 0 Å². The Kier molecular flexibility index (Phi) is 5.58. The normalized spacial score (nSPS) is 10.7. The number of halogens is 1. The third kappa shape index (κ3) is 4.54. The van der Waals surface area contributed by atoms with Crippen molar-refractivity contribution >= 4 is 34.2 Å². The number of anilines is 2. The molecule has 166 valence electrons. The molecule has 0 fully saturated rings. The van der Waals surface area contributed by atoms with Crippen LogP contribution in [0.15, 0.2) is 97.1 Å². The predicted octanol–water partition coefficient (Wildman–Crippen LogP) is 5.87. The number of hydrogen-bond donors (Lipinski definition) is 3. The molecule has 0 aliphatic carbocycles. The van der Waals surface area contributed by atoms with Crippen molar-refractivity contribution in [3.8, 4) is 11.4 Å². The lowest BCUT2D eigenvalue weighted by atomic mass is 10.1. The van der Waals surface area contributed by atoms with E-state index in [1.807, 2.05) is 42.5 Å². The van der Waals surface area contributed by atoms with Gasteiger partial charge in [0.2, 0.25) is 0 Å². The predicted molar refractivity (Wildman–Crippen MR) is 130 cm³/mol. The monoisotopic (exact) mass is 450 g/mol. The standard InChI is InChI=1S/C27H19FN4O2/c28-20-11-13-22(14-12-20)30-27(34)19-10-15-23-24(16-19)32-25(31-23)17-6-8-18(9-7-17)26(33)29-21-4-2-1-3-5-21/h1-16H,(H,29,33)(H,30,34)(H,31,32). The Bertz CT molecular complexity index is 1480. The molecule has 6 nitrogen and oxygen atoms in total. The molecular weight excluding hydrogens is 431 g/mol. The van der Waals surface area contributed by atoms with Crippen molar-refractivity contribution in [1.82, 2.24) is 9.97 Å². The summed E-state index contributed by atoms with van der Waals surface area (Å²) in [6, 6.07) is 27.1. The van der Waals surface area contributed by atoms with E-state index < -0.39 is 0 Å². The fourth-order valence-electron chi connectivity index (χ4n) is 3.52. The van der Waals surface area contributed by atoms with Crippen LogP contribution in [0.2, 0.25) is 0 Å². The SMILES string of the molecule is O=C(Nc1ccccc1)c1ccc(-c2nc3cc(C(=O)Nc4ccc(F)cc4)ccc3[nH]2)cc1.